The predicted octanol–water partition coefficient (Wildman–Crippen LogP) is 2.67. The molecule has 4 heteroatoms. The topological polar surface area (TPSA) is 38.0 Å². The summed E-state index contributed by atoms with van der Waals surface area (Å²) in [5, 5.41) is 6.34. The van der Waals surface area contributed by atoms with Crippen LogP contribution < -0.4 is 11.3 Å². The molecule has 2 aromatic heterocycles. The number of rotatable bonds is 3. The van der Waals surface area contributed by atoms with Crippen molar-refractivity contribution in [1.29, 1.82) is 0 Å². The van der Waals surface area contributed by atoms with Crippen LogP contribution in [0.4, 0.5) is 0 Å². The second kappa shape index (κ2) is 4.23. The zero-order valence-electron chi connectivity index (χ0n) is 7.86. The Hall–Kier alpha value is -0.680. The molecule has 0 aliphatic rings. The molecule has 0 spiro atoms. The van der Waals surface area contributed by atoms with E-state index in [1.807, 2.05) is 0 Å². The van der Waals surface area contributed by atoms with Gasteiger partial charge < -0.3 is 0 Å². The summed E-state index contributed by atoms with van der Waals surface area (Å²) in [5.74, 6) is 5.57. The van der Waals surface area contributed by atoms with Gasteiger partial charge in [-0.15, -0.1) is 11.3 Å². The molecular formula is C10H12N2S2. The first kappa shape index (κ1) is 9.86. The lowest BCUT2D eigenvalue weighted by atomic mass is 10.1. The van der Waals surface area contributed by atoms with E-state index in [1.54, 1.807) is 22.7 Å². The average molecular weight is 224 g/mol. The van der Waals surface area contributed by atoms with Crippen LogP contribution in [-0.2, 0) is 0 Å². The number of hydrazine groups is 1. The molecule has 2 aromatic rings. The van der Waals surface area contributed by atoms with E-state index in [4.69, 9.17) is 5.84 Å². The average Bonchev–Trinajstić information content (AvgIpc) is 2.79. The van der Waals surface area contributed by atoms with Gasteiger partial charge in [-0.05, 0) is 46.3 Å². The Morgan fingerprint density at radius 2 is 2.29 bits per heavy atom. The van der Waals surface area contributed by atoms with Crippen LogP contribution in [0.5, 0.6) is 0 Å². The van der Waals surface area contributed by atoms with Crippen molar-refractivity contribution in [3.8, 4) is 0 Å². The highest BCUT2D eigenvalue weighted by atomic mass is 32.1. The first-order valence-corrected chi connectivity index (χ1v) is 6.17. The molecule has 1 atom stereocenters. The standard InChI is InChI=1S/C10H12N2S2/c1-7-4-9(14-5-7)10(12-11)8-2-3-13-6-8/h2-6,10,12H,11H2,1H3. The van der Waals surface area contributed by atoms with Gasteiger partial charge in [0.2, 0.25) is 0 Å². The van der Waals surface area contributed by atoms with Crippen LogP contribution in [0.1, 0.15) is 22.0 Å². The van der Waals surface area contributed by atoms with Crippen molar-refractivity contribution in [2.45, 2.75) is 13.0 Å². The minimum Gasteiger partial charge on any atom is -0.271 e. The van der Waals surface area contributed by atoms with Gasteiger partial charge in [-0.25, -0.2) is 5.43 Å². The number of aryl methyl sites for hydroxylation is 1. The van der Waals surface area contributed by atoms with Crippen molar-refractivity contribution in [1.82, 2.24) is 5.43 Å². The molecule has 1 unspecified atom stereocenters. The Morgan fingerprint density at radius 1 is 1.43 bits per heavy atom. The van der Waals surface area contributed by atoms with Crippen LogP contribution in [0, 0.1) is 6.92 Å². The zero-order chi connectivity index (χ0) is 9.97. The maximum Gasteiger partial charge on any atom is 0.0810 e. The summed E-state index contributed by atoms with van der Waals surface area (Å²) in [5.41, 5.74) is 5.38. The third-order valence-corrected chi connectivity index (χ3v) is 3.90. The molecule has 0 aliphatic carbocycles. The second-order valence-electron chi connectivity index (χ2n) is 3.18. The minimum atomic E-state index is 0.139. The first-order valence-electron chi connectivity index (χ1n) is 4.34. The largest absolute Gasteiger partial charge is 0.271 e. The third kappa shape index (κ3) is 1.88. The van der Waals surface area contributed by atoms with Crippen LogP contribution in [0.2, 0.25) is 0 Å². The molecule has 0 saturated carbocycles. The van der Waals surface area contributed by atoms with E-state index < -0.39 is 0 Å². The summed E-state index contributed by atoms with van der Waals surface area (Å²) >= 11 is 3.44. The minimum absolute atomic E-state index is 0.139. The Labute approximate surface area is 91.4 Å². The van der Waals surface area contributed by atoms with Crippen molar-refractivity contribution in [2.75, 3.05) is 0 Å². The van der Waals surface area contributed by atoms with Crippen LogP contribution in [0.3, 0.4) is 0 Å². The van der Waals surface area contributed by atoms with Gasteiger partial charge in [0.1, 0.15) is 0 Å². The normalized spacial score (nSPS) is 13.0. The fourth-order valence-corrected chi connectivity index (χ4v) is 3.06. The van der Waals surface area contributed by atoms with E-state index in [0.717, 1.165) is 0 Å². The van der Waals surface area contributed by atoms with Crippen molar-refractivity contribution < 1.29 is 0 Å². The van der Waals surface area contributed by atoms with E-state index in [-0.39, 0.29) is 6.04 Å². The molecule has 2 nitrogen and oxygen atoms in total. The Morgan fingerprint density at radius 3 is 2.79 bits per heavy atom. The SMILES string of the molecule is Cc1csc(C(NN)c2ccsc2)c1. The highest BCUT2D eigenvalue weighted by Crippen LogP contribution is 2.28. The quantitative estimate of drug-likeness (QED) is 0.621. The van der Waals surface area contributed by atoms with E-state index in [2.05, 4.69) is 40.6 Å². The van der Waals surface area contributed by atoms with Crippen LogP contribution in [-0.4, -0.2) is 0 Å². The maximum absolute atomic E-state index is 5.57. The highest BCUT2D eigenvalue weighted by Gasteiger charge is 2.13. The Bertz CT molecular complexity index is 392. The summed E-state index contributed by atoms with van der Waals surface area (Å²) in [7, 11) is 0. The summed E-state index contributed by atoms with van der Waals surface area (Å²) in [6.07, 6.45) is 0. The van der Waals surface area contributed by atoms with E-state index in [0.29, 0.717) is 0 Å². The molecule has 0 aromatic carbocycles. The molecule has 74 valence electrons. The summed E-state index contributed by atoms with van der Waals surface area (Å²) in [6, 6.07) is 4.41. The molecular weight excluding hydrogens is 212 g/mol. The zero-order valence-corrected chi connectivity index (χ0v) is 9.49. The lowest BCUT2D eigenvalue weighted by Crippen LogP contribution is -2.27. The summed E-state index contributed by atoms with van der Waals surface area (Å²) < 4.78 is 0. The Kier molecular flexibility index (Phi) is 2.98. The fourth-order valence-electron chi connectivity index (χ4n) is 1.39. The second-order valence-corrected chi connectivity index (χ2v) is 4.91. The van der Waals surface area contributed by atoms with Gasteiger partial charge in [0.05, 0.1) is 6.04 Å². The van der Waals surface area contributed by atoms with Crippen LogP contribution in [0.15, 0.2) is 28.3 Å². The third-order valence-electron chi connectivity index (χ3n) is 2.08. The van der Waals surface area contributed by atoms with Gasteiger partial charge in [0.25, 0.3) is 0 Å². The van der Waals surface area contributed by atoms with Crippen LogP contribution in [0.25, 0.3) is 0 Å². The molecule has 2 heterocycles. The molecule has 0 amide bonds. The van der Waals surface area contributed by atoms with Gasteiger partial charge in [-0.1, -0.05) is 0 Å². The molecule has 3 N–H and O–H groups in total. The predicted molar refractivity (Wildman–Crippen MR) is 62.5 cm³/mol. The summed E-state index contributed by atoms with van der Waals surface area (Å²) in [4.78, 5) is 1.27. The molecule has 0 bridgehead atoms. The highest BCUT2D eigenvalue weighted by molar-refractivity contribution is 7.10. The molecule has 0 radical (unpaired) electrons. The van der Waals surface area contributed by atoms with E-state index in [9.17, 15) is 0 Å². The number of hydrogen-bond acceptors (Lipinski definition) is 4. The van der Waals surface area contributed by atoms with Crippen molar-refractivity contribution in [3.63, 3.8) is 0 Å². The van der Waals surface area contributed by atoms with Gasteiger partial charge in [0, 0.05) is 4.88 Å². The van der Waals surface area contributed by atoms with Crippen molar-refractivity contribution >= 4 is 22.7 Å². The number of thiophene rings is 2. The molecule has 2 rings (SSSR count). The van der Waals surface area contributed by atoms with E-state index >= 15 is 0 Å². The van der Waals surface area contributed by atoms with Gasteiger partial charge >= 0.3 is 0 Å². The Balaban J connectivity index is 2.31. The fraction of sp³-hybridized carbons (Fsp3) is 0.200. The van der Waals surface area contributed by atoms with Crippen molar-refractivity contribution in [3.05, 3.63) is 44.3 Å². The van der Waals surface area contributed by atoms with E-state index in [1.165, 1.54) is 16.0 Å². The number of hydrogen-bond donors (Lipinski definition) is 2. The van der Waals surface area contributed by atoms with Crippen molar-refractivity contribution in [2.24, 2.45) is 5.84 Å². The van der Waals surface area contributed by atoms with Gasteiger partial charge in [0.15, 0.2) is 0 Å². The maximum atomic E-state index is 5.57. The molecule has 14 heavy (non-hydrogen) atoms. The molecule has 0 aliphatic heterocycles. The molecule has 0 fully saturated rings. The summed E-state index contributed by atoms with van der Waals surface area (Å²) in [6.45, 7) is 2.10. The first-order chi connectivity index (χ1) is 6.81. The number of nitrogens with one attached hydrogen (secondary N) is 1. The number of nitrogens with two attached hydrogens (primary N) is 1. The lowest BCUT2D eigenvalue weighted by molar-refractivity contribution is 0.648. The monoisotopic (exact) mass is 224 g/mol. The molecule has 0 saturated heterocycles. The van der Waals surface area contributed by atoms with Gasteiger partial charge in [-0.2, -0.15) is 11.3 Å². The lowest BCUT2D eigenvalue weighted by Gasteiger charge is -2.11. The van der Waals surface area contributed by atoms with Crippen LogP contribution >= 0.6 is 22.7 Å². The smallest absolute Gasteiger partial charge is 0.0810 e. The van der Waals surface area contributed by atoms with Gasteiger partial charge in [-0.3, -0.25) is 5.84 Å².